The molecule has 1 aliphatic carbocycles. The van der Waals surface area contributed by atoms with Gasteiger partial charge in [0.1, 0.15) is 29.1 Å². The number of nitrogens with two attached hydrogens (primary N) is 1. The van der Waals surface area contributed by atoms with Gasteiger partial charge in [-0.1, -0.05) is 24.4 Å². The summed E-state index contributed by atoms with van der Waals surface area (Å²) >= 11 is 6.02. The van der Waals surface area contributed by atoms with E-state index in [0.717, 1.165) is 6.26 Å². The minimum Gasteiger partial charge on any atom is -0.464 e. The second-order valence-corrected chi connectivity index (χ2v) is 16.9. The second kappa shape index (κ2) is 15.9. The Hall–Kier alpha value is -3.14. The number of aromatic nitrogens is 4. The van der Waals surface area contributed by atoms with Gasteiger partial charge < -0.3 is 34.5 Å². The van der Waals surface area contributed by atoms with Crippen LogP contribution in [0.3, 0.4) is 0 Å². The monoisotopic (exact) mass is 812 g/mol. The number of hydrogen-bond acceptors (Lipinski definition) is 15. The lowest BCUT2D eigenvalue weighted by molar-refractivity contribution is -0.203. The first-order chi connectivity index (χ1) is 24.7. The molecule has 7 atom stereocenters. The third-order valence-electron chi connectivity index (χ3n) is 8.80. The molecule has 2 fully saturated rings. The van der Waals surface area contributed by atoms with E-state index in [1.165, 1.54) is 31.7 Å². The van der Waals surface area contributed by atoms with Crippen LogP contribution in [0.1, 0.15) is 52.7 Å². The normalized spacial score (nSPS) is 26.0. The van der Waals surface area contributed by atoms with Gasteiger partial charge in [0.05, 0.1) is 31.7 Å². The lowest BCUT2D eigenvalue weighted by Gasteiger charge is -2.34. The Balaban J connectivity index is 1.31. The number of hydrazine groups is 1. The van der Waals surface area contributed by atoms with Crippen LogP contribution in [-0.2, 0) is 28.8 Å². The van der Waals surface area contributed by atoms with Gasteiger partial charge in [0, 0.05) is 10.9 Å². The highest BCUT2D eigenvalue weighted by atomic mass is 35.5. The van der Waals surface area contributed by atoms with E-state index < -0.39 is 85.3 Å². The molecule has 4 unspecified atom stereocenters. The first kappa shape index (κ1) is 41.0. The van der Waals surface area contributed by atoms with Crippen molar-refractivity contribution in [1.82, 2.24) is 29.4 Å². The summed E-state index contributed by atoms with van der Waals surface area (Å²) in [6, 6.07) is 6.20. The van der Waals surface area contributed by atoms with Crippen LogP contribution in [0.25, 0.3) is 11.2 Å². The van der Waals surface area contributed by atoms with E-state index >= 15 is 0 Å². The number of carbonyl (C=O) groups excluding carboxylic acids is 1. The number of nitrogen functional groups attached to an aromatic ring is 1. The number of benzene rings is 1. The third kappa shape index (κ3) is 9.95. The summed E-state index contributed by atoms with van der Waals surface area (Å²) in [6.07, 6.45) is -5.06. The maximum Gasteiger partial charge on any atom is 0.392 e. The molecular formula is C30H41ClF3N8O9PS. The molecule has 53 heavy (non-hydrogen) atoms. The van der Waals surface area contributed by atoms with Gasteiger partial charge in [-0.15, -0.1) is 4.83 Å². The minimum absolute atomic E-state index is 0.0236. The number of aliphatic hydroxyl groups excluding tert-OH is 1. The van der Waals surface area contributed by atoms with Crippen molar-refractivity contribution in [3.8, 4) is 5.75 Å². The Kier molecular flexibility index (Phi) is 12.3. The molecule has 23 heteroatoms. The molecule has 3 heterocycles. The highest BCUT2D eigenvalue weighted by molar-refractivity contribution is 7.88. The fraction of sp³-hybridized carbons (Fsp3) is 0.600. The number of carbonyl (C=O) groups is 1. The van der Waals surface area contributed by atoms with Gasteiger partial charge in [0.2, 0.25) is 16.0 Å². The molecule has 1 aliphatic heterocycles. The first-order valence-corrected chi connectivity index (χ1v) is 19.8. The van der Waals surface area contributed by atoms with Gasteiger partial charge in [-0.05, 0) is 57.9 Å². The molecule has 0 amide bonds. The molecule has 3 aromatic rings. The number of alkyl halides is 3. The molecule has 2 aromatic heterocycles. The Morgan fingerprint density at radius 1 is 1.19 bits per heavy atom. The fourth-order valence-corrected chi connectivity index (χ4v) is 7.71. The predicted octanol–water partition coefficient (Wildman–Crippen LogP) is 3.55. The van der Waals surface area contributed by atoms with Gasteiger partial charge in [-0.3, -0.25) is 14.8 Å². The van der Waals surface area contributed by atoms with Crippen LogP contribution in [-0.4, -0.2) is 93.1 Å². The number of sulfonamides is 1. The number of hydrogen-bond donors (Lipinski definition) is 6. The zero-order chi connectivity index (χ0) is 38.9. The smallest absolute Gasteiger partial charge is 0.392 e. The molecule has 5 rings (SSSR count). The molecule has 0 radical (unpaired) electrons. The molecule has 0 bridgehead atoms. The lowest BCUT2D eigenvalue weighted by Crippen LogP contribution is -2.47. The topological polar surface area (TPSA) is 234 Å². The average molecular weight is 813 g/mol. The van der Waals surface area contributed by atoms with Crippen molar-refractivity contribution in [3.05, 3.63) is 35.6 Å². The third-order valence-corrected chi connectivity index (χ3v) is 11.0. The van der Waals surface area contributed by atoms with Crippen LogP contribution in [0, 0.1) is 11.8 Å². The van der Waals surface area contributed by atoms with Crippen molar-refractivity contribution < 1.29 is 55.1 Å². The number of ether oxygens (including phenoxy) is 2. The number of esters is 1. The van der Waals surface area contributed by atoms with Crippen molar-refractivity contribution in [2.24, 2.45) is 11.8 Å². The highest BCUT2D eigenvalue weighted by Gasteiger charge is 2.54. The van der Waals surface area contributed by atoms with Crippen molar-refractivity contribution in [2.75, 3.05) is 30.6 Å². The summed E-state index contributed by atoms with van der Waals surface area (Å²) in [5.74, 6) is -3.35. The summed E-state index contributed by atoms with van der Waals surface area (Å²) in [7, 11) is -5.97. The highest BCUT2D eigenvalue weighted by Crippen LogP contribution is 2.44. The van der Waals surface area contributed by atoms with E-state index in [9.17, 15) is 36.6 Å². The number of fused-ring (bicyclic) bond motifs is 1. The summed E-state index contributed by atoms with van der Waals surface area (Å²) in [5.41, 5.74) is 4.83. The largest absolute Gasteiger partial charge is 0.464 e. The van der Waals surface area contributed by atoms with Crippen molar-refractivity contribution >= 4 is 59.0 Å². The van der Waals surface area contributed by atoms with Crippen LogP contribution < -0.4 is 25.6 Å². The Labute approximate surface area is 309 Å². The second-order valence-electron chi connectivity index (χ2n) is 13.6. The number of aliphatic hydroxyl groups is 2. The van der Waals surface area contributed by atoms with Gasteiger partial charge in [0.25, 0.3) is 0 Å². The fourth-order valence-electron chi connectivity index (χ4n) is 6.00. The molecule has 17 nitrogen and oxygen atoms in total. The summed E-state index contributed by atoms with van der Waals surface area (Å²) in [5, 5.41) is 26.0. The van der Waals surface area contributed by atoms with Crippen LogP contribution >= 0.6 is 20.1 Å². The van der Waals surface area contributed by atoms with Gasteiger partial charge in [-0.25, -0.2) is 18.5 Å². The maximum atomic E-state index is 13.6. The van der Waals surface area contributed by atoms with E-state index in [0.29, 0.717) is 17.9 Å². The zero-order valence-corrected chi connectivity index (χ0v) is 31.5. The molecule has 1 saturated carbocycles. The number of halogens is 4. The van der Waals surface area contributed by atoms with Gasteiger partial charge in [-0.2, -0.15) is 23.1 Å². The molecular weight excluding hydrogens is 772 g/mol. The molecule has 2 aliphatic rings. The number of anilines is 2. The van der Waals surface area contributed by atoms with Crippen LogP contribution in [0.5, 0.6) is 5.75 Å². The number of nitrogens with one attached hydrogen (secondary N) is 3. The van der Waals surface area contributed by atoms with E-state index in [4.69, 9.17) is 35.9 Å². The molecule has 7 N–H and O–H groups in total. The SMILES string of the molecule is CC(C)(NP(OCC1OC(n2cnc3c(NNS(C)(=O)=O)nc(N)nc32)[C@](C)(O)[C@@H]1O)Oc1ccc(Cl)cc1)C(=O)OCC1CCCC[C@H]1C(F)(F)F. The van der Waals surface area contributed by atoms with E-state index in [2.05, 4.69) is 30.3 Å². The maximum absolute atomic E-state index is 13.6. The van der Waals surface area contributed by atoms with Gasteiger partial charge >= 0.3 is 20.7 Å². The first-order valence-electron chi connectivity index (χ1n) is 16.3. The Morgan fingerprint density at radius 3 is 2.53 bits per heavy atom. The quantitative estimate of drug-likeness (QED) is 0.0776. The number of rotatable bonds is 14. The standard InChI is InChI=1S/C30H41ClF3N8O9PS/c1-28(2,26(44)48-13-16-7-5-6-8-19(16)30(32,33)34)40-52(51-18-11-9-17(31)10-12-18)49-14-20-22(43)29(3,45)25(50-20)42-15-36-21-23(39-41-53(4,46)47)37-27(35)38-24(21)42/h9-12,15-16,19-20,22,25,40-41,43,45H,5-8,13-14H2,1-4H3,(H3,35,37,38,39)/t16?,19-,20?,22-,25?,29-,52?/m1/s1. The van der Waals surface area contributed by atoms with Crippen LogP contribution in [0.15, 0.2) is 30.6 Å². The van der Waals surface area contributed by atoms with Crippen molar-refractivity contribution in [3.63, 3.8) is 0 Å². The molecule has 1 saturated heterocycles. The van der Waals surface area contributed by atoms with Crippen LogP contribution in [0.4, 0.5) is 24.9 Å². The zero-order valence-electron chi connectivity index (χ0n) is 29.0. The minimum atomic E-state index is -4.40. The molecule has 0 spiro atoms. The lowest BCUT2D eigenvalue weighted by atomic mass is 9.79. The summed E-state index contributed by atoms with van der Waals surface area (Å²) in [6.45, 7) is 3.40. The Morgan fingerprint density at radius 2 is 1.87 bits per heavy atom. The summed E-state index contributed by atoms with van der Waals surface area (Å²) in [4.78, 5) is 27.7. The van der Waals surface area contributed by atoms with E-state index in [1.807, 2.05) is 0 Å². The molecule has 294 valence electrons. The average Bonchev–Trinajstić information content (AvgIpc) is 3.58. The number of imidazole rings is 1. The summed E-state index contributed by atoms with van der Waals surface area (Å²) < 4.78 is 88.9. The van der Waals surface area contributed by atoms with Crippen LogP contribution in [0.2, 0.25) is 5.02 Å². The van der Waals surface area contributed by atoms with Gasteiger partial charge in [0.15, 0.2) is 23.2 Å². The number of nitrogens with zero attached hydrogens (tertiary/aromatic N) is 4. The van der Waals surface area contributed by atoms with E-state index in [-0.39, 0.29) is 41.5 Å². The van der Waals surface area contributed by atoms with Crippen molar-refractivity contribution in [1.29, 1.82) is 0 Å². The van der Waals surface area contributed by atoms with E-state index in [1.54, 1.807) is 24.3 Å². The predicted molar refractivity (Wildman–Crippen MR) is 187 cm³/mol. The van der Waals surface area contributed by atoms with Crippen molar-refractivity contribution in [2.45, 2.75) is 82.2 Å². The Bertz CT molecular complexity index is 1870. The molecule has 1 aromatic carbocycles.